The van der Waals surface area contributed by atoms with Crippen molar-refractivity contribution in [1.82, 2.24) is 4.57 Å². The lowest BCUT2D eigenvalue weighted by Crippen LogP contribution is -2.00. The Labute approximate surface area is 104 Å². The predicted octanol–water partition coefficient (Wildman–Crippen LogP) is 3.33. The third-order valence-electron chi connectivity index (χ3n) is 2.53. The second-order valence-corrected chi connectivity index (χ2v) is 4.36. The van der Waals surface area contributed by atoms with Gasteiger partial charge in [0.25, 0.3) is 0 Å². The Morgan fingerprint density at radius 3 is 2.94 bits per heavy atom. The van der Waals surface area contributed by atoms with Gasteiger partial charge in [-0.05, 0) is 24.6 Å². The number of hydrogen-bond acceptors (Lipinski definition) is 1. The fraction of sp³-hybridized carbons (Fsp3) is 0.154. The summed E-state index contributed by atoms with van der Waals surface area (Å²) in [5.41, 5.74) is 1.71. The number of fused-ring (bicyclic) bond motifs is 1. The maximum Gasteiger partial charge on any atom is 0.328 e. The van der Waals surface area contributed by atoms with Crippen LogP contribution in [0.15, 0.2) is 42.1 Å². The number of carbonyl (C=O) groups is 1. The number of aromatic nitrogens is 1. The van der Waals surface area contributed by atoms with E-state index in [1.54, 1.807) is 6.92 Å². The van der Waals surface area contributed by atoms with Crippen LogP contribution in [0.1, 0.15) is 6.92 Å². The standard InChI is InChI=1S/C13H12ClNO2/c1-9(7-12(16)17)8-15-6-5-10-3-2-4-11(14)13(10)15/h2-7H,8H2,1H3,(H,16,17)/b9-7-. The molecule has 0 aliphatic carbocycles. The summed E-state index contributed by atoms with van der Waals surface area (Å²) in [7, 11) is 0. The molecule has 0 aliphatic rings. The summed E-state index contributed by atoms with van der Waals surface area (Å²) in [6.45, 7) is 2.32. The van der Waals surface area contributed by atoms with E-state index in [0.29, 0.717) is 11.6 Å². The van der Waals surface area contributed by atoms with Crippen LogP contribution >= 0.6 is 11.6 Å². The molecule has 0 aliphatic heterocycles. The molecule has 0 unspecified atom stereocenters. The van der Waals surface area contributed by atoms with E-state index in [1.165, 1.54) is 6.08 Å². The van der Waals surface area contributed by atoms with E-state index in [4.69, 9.17) is 16.7 Å². The molecule has 0 radical (unpaired) electrons. The van der Waals surface area contributed by atoms with Gasteiger partial charge in [0.1, 0.15) is 0 Å². The van der Waals surface area contributed by atoms with Gasteiger partial charge in [-0.25, -0.2) is 4.79 Å². The number of aliphatic carboxylic acids is 1. The van der Waals surface area contributed by atoms with Crippen molar-refractivity contribution in [2.24, 2.45) is 0 Å². The topological polar surface area (TPSA) is 42.2 Å². The first-order valence-corrected chi connectivity index (χ1v) is 5.59. The monoisotopic (exact) mass is 249 g/mol. The smallest absolute Gasteiger partial charge is 0.328 e. The number of benzene rings is 1. The highest BCUT2D eigenvalue weighted by Crippen LogP contribution is 2.24. The zero-order valence-electron chi connectivity index (χ0n) is 9.35. The van der Waals surface area contributed by atoms with Crippen molar-refractivity contribution in [1.29, 1.82) is 0 Å². The van der Waals surface area contributed by atoms with Crippen LogP contribution in [0.3, 0.4) is 0 Å². The molecule has 0 saturated carbocycles. The fourth-order valence-corrected chi connectivity index (χ4v) is 2.16. The van der Waals surface area contributed by atoms with Gasteiger partial charge in [-0.15, -0.1) is 0 Å². The number of carboxylic acids is 1. The molecule has 1 heterocycles. The number of rotatable bonds is 3. The van der Waals surface area contributed by atoms with Gasteiger partial charge in [0.15, 0.2) is 0 Å². The van der Waals surface area contributed by atoms with Crippen LogP contribution in [-0.4, -0.2) is 15.6 Å². The Balaban J connectivity index is 2.40. The summed E-state index contributed by atoms with van der Waals surface area (Å²) < 4.78 is 1.95. The van der Waals surface area contributed by atoms with E-state index in [0.717, 1.165) is 16.5 Å². The van der Waals surface area contributed by atoms with E-state index in [1.807, 2.05) is 35.0 Å². The molecule has 2 rings (SSSR count). The van der Waals surface area contributed by atoms with E-state index >= 15 is 0 Å². The van der Waals surface area contributed by atoms with Crippen molar-refractivity contribution >= 4 is 28.5 Å². The van der Waals surface area contributed by atoms with Crippen LogP contribution in [0.25, 0.3) is 10.9 Å². The lowest BCUT2D eigenvalue weighted by atomic mass is 10.2. The summed E-state index contributed by atoms with van der Waals surface area (Å²) in [5, 5.41) is 10.4. The second kappa shape index (κ2) is 4.63. The van der Waals surface area contributed by atoms with Crippen LogP contribution in [0.2, 0.25) is 5.02 Å². The van der Waals surface area contributed by atoms with Gasteiger partial charge in [0, 0.05) is 24.2 Å². The Hall–Kier alpha value is -1.74. The molecule has 88 valence electrons. The van der Waals surface area contributed by atoms with Crippen LogP contribution in [-0.2, 0) is 11.3 Å². The maximum atomic E-state index is 10.6. The van der Waals surface area contributed by atoms with Crippen LogP contribution in [0, 0.1) is 0 Å². The molecule has 2 aromatic rings. The number of para-hydroxylation sites is 1. The number of allylic oxidation sites excluding steroid dienone is 1. The van der Waals surface area contributed by atoms with Crippen molar-refractivity contribution < 1.29 is 9.90 Å². The number of nitrogens with zero attached hydrogens (tertiary/aromatic N) is 1. The molecule has 17 heavy (non-hydrogen) atoms. The lowest BCUT2D eigenvalue weighted by Gasteiger charge is -2.06. The van der Waals surface area contributed by atoms with Gasteiger partial charge in [-0.3, -0.25) is 0 Å². The highest BCUT2D eigenvalue weighted by molar-refractivity contribution is 6.35. The van der Waals surface area contributed by atoms with Gasteiger partial charge >= 0.3 is 5.97 Å². The molecular formula is C13H12ClNO2. The first-order valence-electron chi connectivity index (χ1n) is 5.21. The Morgan fingerprint density at radius 2 is 2.24 bits per heavy atom. The third kappa shape index (κ3) is 2.50. The average molecular weight is 250 g/mol. The van der Waals surface area contributed by atoms with Crippen molar-refractivity contribution in [2.45, 2.75) is 13.5 Å². The van der Waals surface area contributed by atoms with Crippen molar-refractivity contribution in [3.8, 4) is 0 Å². The summed E-state index contributed by atoms with van der Waals surface area (Å²) in [6, 6.07) is 7.68. The van der Waals surface area contributed by atoms with Gasteiger partial charge in [-0.1, -0.05) is 23.7 Å². The minimum Gasteiger partial charge on any atom is -0.478 e. The normalized spacial score (nSPS) is 12.0. The van der Waals surface area contributed by atoms with Crippen molar-refractivity contribution in [3.63, 3.8) is 0 Å². The largest absolute Gasteiger partial charge is 0.478 e. The van der Waals surface area contributed by atoms with Crippen LogP contribution in [0.4, 0.5) is 0 Å². The van der Waals surface area contributed by atoms with Crippen LogP contribution < -0.4 is 0 Å². The molecule has 1 aromatic carbocycles. The van der Waals surface area contributed by atoms with Gasteiger partial charge in [0.2, 0.25) is 0 Å². The minimum absolute atomic E-state index is 0.527. The SMILES string of the molecule is C/C(=C/C(=O)O)Cn1ccc2cccc(Cl)c21. The Kier molecular flexibility index (Phi) is 3.20. The number of hydrogen-bond donors (Lipinski definition) is 1. The Bertz CT molecular complexity index is 598. The zero-order chi connectivity index (χ0) is 12.4. The minimum atomic E-state index is -0.926. The van der Waals surface area contributed by atoms with Crippen molar-refractivity contribution in [3.05, 3.63) is 47.1 Å². The molecule has 0 spiro atoms. The summed E-state index contributed by atoms with van der Waals surface area (Å²) in [6.07, 6.45) is 3.12. The van der Waals surface area contributed by atoms with Gasteiger partial charge in [0.05, 0.1) is 10.5 Å². The van der Waals surface area contributed by atoms with E-state index in [-0.39, 0.29) is 0 Å². The average Bonchev–Trinajstić information content (AvgIpc) is 2.61. The molecule has 0 fully saturated rings. The first-order chi connectivity index (χ1) is 8.08. The highest BCUT2D eigenvalue weighted by Gasteiger charge is 2.05. The second-order valence-electron chi connectivity index (χ2n) is 3.95. The molecule has 4 heteroatoms. The zero-order valence-corrected chi connectivity index (χ0v) is 10.1. The van der Waals surface area contributed by atoms with Gasteiger partial charge < -0.3 is 9.67 Å². The first kappa shape index (κ1) is 11.7. The summed E-state index contributed by atoms with van der Waals surface area (Å²) in [5.74, 6) is -0.926. The Morgan fingerprint density at radius 1 is 1.47 bits per heavy atom. The molecule has 1 N–H and O–H groups in total. The van der Waals surface area contributed by atoms with Gasteiger partial charge in [-0.2, -0.15) is 0 Å². The van der Waals surface area contributed by atoms with E-state index in [9.17, 15) is 4.79 Å². The summed E-state index contributed by atoms with van der Waals surface area (Å²) >= 11 is 6.14. The molecule has 0 amide bonds. The van der Waals surface area contributed by atoms with Crippen LogP contribution in [0.5, 0.6) is 0 Å². The lowest BCUT2D eigenvalue weighted by molar-refractivity contribution is -0.131. The molecule has 1 aromatic heterocycles. The van der Waals surface area contributed by atoms with Crippen molar-refractivity contribution in [2.75, 3.05) is 0 Å². The number of carboxylic acid groups (broad SMARTS) is 1. The molecule has 0 saturated heterocycles. The summed E-state index contributed by atoms with van der Waals surface area (Å²) in [4.78, 5) is 10.6. The molecule has 3 nitrogen and oxygen atoms in total. The van der Waals surface area contributed by atoms with E-state index in [2.05, 4.69) is 0 Å². The molecule has 0 atom stereocenters. The van der Waals surface area contributed by atoms with E-state index < -0.39 is 5.97 Å². The maximum absolute atomic E-state index is 10.6. The molecule has 0 bridgehead atoms. The highest BCUT2D eigenvalue weighted by atomic mass is 35.5. The fourth-order valence-electron chi connectivity index (χ4n) is 1.87. The quantitative estimate of drug-likeness (QED) is 0.848. The predicted molar refractivity (Wildman–Crippen MR) is 68.3 cm³/mol. The molecular weight excluding hydrogens is 238 g/mol. The third-order valence-corrected chi connectivity index (χ3v) is 2.83. The number of halogens is 1.